The van der Waals surface area contributed by atoms with Crippen LogP contribution < -0.4 is 10.6 Å². The van der Waals surface area contributed by atoms with E-state index >= 15 is 0 Å². The van der Waals surface area contributed by atoms with Crippen molar-refractivity contribution in [3.63, 3.8) is 0 Å². The minimum Gasteiger partial charge on any atom is -0.381 e. The standard InChI is InChI=1S/C26H27N5O3S/c1-2-21(30-25(32)17-3-4-22-18(11-17)14-28-31-22)23-12-16(5-8-27-23)19-13-24(35-15-19)26(33)29-20-6-9-34-10-7-20/h3-5,8,11-15,20-21H,2,6-7,9-10H2,1H3,(H,28,31)(H,29,33)(H,30,32). The van der Waals surface area contributed by atoms with E-state index in [0.717, 1.165) is 40.6 Å². The van der Waals surface area contributed by atoms with Gasteiger partial charge >= 0.3 is 0 Å². The first-order valence-electron chi connectivity index (χ1n) is 11.8. The molecule has 1 aliphatic heterocycles. The third-order valence-corrected chi connectivity index (χ3v) is 7.20. The molecule has 8 nitrogen and oxygen atoms in total. The molecule has 1 fully saturated rings. The predicted octanol–water partition coefficient (Wildman–Crippen LogP) is 4.48. The maximum atomic E-state index is 12.9. The number of rotatable bonds is 7. The summed E-state index contributed by atoms with van der Waals surface area (Å²) >= 11 is 1.43. The third kappa shape index (κ3) is 5.26. The van der Waals surface area contributed by atoms with Crippen molar-refractivity contribution in [1.82, 2.24) is 25.8 Å². The van der Waals surface area contributed by atoms with Crippen LogP contribution >= 0.6 is 11.3 Å². The largest absolute Gasteiger partial charge is 0.381 e. The lowest BCUT2D eigenvalue weighted by atomic mass is 10.0. The zero-order valence-corrected chi connectivity index (χ0v) is 20.2. The Kier molecular flexibility index (Phi) is 6.87. The van der Waals surface area contributed by atoms with Crippen molar-refractivity contribution in [2.75, 3.05) is 13.2 Å². The number of ether oxygens (including phenoxy) is 1. The number of aromatic nitrogens is 3. The summed E-state index contributed by atoms with van der Waals surface area (Å²) in [7, 11) is 0. The van der Waals surface area contributed by atoms with Crippen LogP contribution in [-0.4, -0.2) is 46.3 Å². The summed E-state index contributed by atoms with van der Waals surface area (Å²) in [6.07, 6.45) is 5.83. The highest BCUT2D eigenvalue weighted by atomic mass is 32.1. The summed E-state index contributed by atoms with van der Waals surface area (Å²) in [5, 5.41) is 16.0. The number of hydrogen-bond donors (Lipinski definition) is 3. The lowest BCUT2D eigenvalue weighted by molar-refractivity contribution is 0.0698. The monoisotopic (exact) mass is 489 g/mol. The molecule has 0 saturated carbocycles. The molecule has 4 heterocycles. The molecule has 9 heteroatoms. The Morgan fingerprint density at radius 1 is 1.14 bits per heavy atom. The van der Waals surface area contributed by atoms with Crippen LogP contribution in [0.1, 0.15) is 58.0 Å². The SMILES string of the molecule is CCC(NC(=O)c1ccc2[nH]ncc2c1)c1cc(-c2csc(C(=O)NC3CCOCC3)c2)ccn1. The summed E-state index contributed by atoms with van der Waals surface area (Å²) < 4.78 is 5.37. The van der Waals surface area contributed by atoms with E-state index in [1.165, 1.54) is 11.3 Å². The van der Waals surface area contributed by atoms with E-state index < -0.39 is 0 Å². The molecule has 0 spiro atoms. The number of carbonyl (C=O) groups excluding carboxylic acids is 2. The van der Waals surface area contributed by atoms with E-state index in [0.29, 0.717) is 30.1 Å². The molecule has 5 rings (SSSR count). The Morgan fingerprint density at radius 2 is 2.00 bits per heavy atom. The van der Waals surface area contributed by atoms with Gasteiger partial charge in [-0.15, -0.1) is 11.3 Å². The van der Waals surface area contributed by atoms with Gasteiger partial charge in [0, 0.05) is 36.4 Å². The van der Waals surface area contributed by atoms with Gasteiger partial charge in [-0.2, -0.15) is 5.10 Å². The highest BCUT2D eigenvalue weighted by Gasteiger charge is 2.20. The van der Waals surface area contributed by atoms with Gasteiger partial charge in [0.2, 0.25) is 0 Å². The van der Waals surface area contributed by atoms with Crippen LogP contribution in [-0.2, 0) is 4.74 Å². The van der Waals surface area contributed by atoms with Crippen LogP contribution in [0.3, 0.4) is 0 Å². The molecular formula is C26H27N5O3S. The van der Waals surface area contributed by atoms with Crippen LogP contribution in [0.15, 0.2) is 54.2 Å². The van der Waals surface area contributed by atoms with Crippen LogP contribution in [0, 0.1) is 0 Å². The van der Waals surface area contributed by atoms with Gasteiger partial charge in [0.25, 0.3) is 11.8 Å². The number of pyridine rings is 1. The maximum Gasteiger partial charge on any atom is 0.261 e. The van der Waals surface area contributed by atoms with E-state index in [9.17, 15) is 9.59 Å². The van der Waals surface area contributed by atoms with Crippen molar-refractivity contribution >= 4 is 34.1 Å². The normalized spacial score (nSPS) is 15.1. The van der Waals surface area contributed by atoms with Crippen molar-refractivity contribution in [1.29, 1.82) is 0 Å². The molecule has 0 bridgehead atoms. The van der Waals surface area contributed by atoms with Crippen LogP contribution in [0.2, 0.25) is 0 Å². The molecule has 3 aromatic heterocycles. The molecule has 1 unspecified atom stereocenters. The van der Waals surface area contributed by atoms with E-state index in [4.69, 9.17) is 4.74 Å². The second kappa shape index (κ2) is 10.4. The van der Waals surface area contributed by atoms with Gasteiger partial charge in [-0.25, -0.2) is 0 Å². The summed E-state index contributed by atoms with van der Waals surface area (Å²) in [4.78, 5) is 30.8. The zero-order chi connectivity index (χ0) is 24.2. The molecule has 1 saturated heterocycles. The van der Waals surface area contributed by atoms with E-state index in [1.54, 1.807) is 18.5 Å². The van der Waals surface area contributed by atoms with E-state index in [1.807, 2.05) is 42.6 Å². The first-order chi connectivity index (χ1) is 17.1. The Balaban J connectivity index is 1.29. The first kappa shape index (κ1) is 23.2. The highest BCUT2D eigenvalue weighted by molar-refractivity contribution is 7.12. The summed E-state index contributed by atoms with van der Waals surface area (Å²) in [6, 6.07) is 11.2. The number of aromatic amines is 1. The van der Waals surface area contributed by atoms with Gasteiger partial charge in [0.15, 0.2) is 0 Å². The van der Waals surface area contributed by atoms with Crippen molar-refractivity contribution < 1.29 is 14.3 Å². The molecule has 1 aliphatic rings. The van der Waals surface area contributed by atoms with Gasteiger partial charge in [-0.1, -0.05) is 6.92 Å². The van der Waals surface area contributed by atoms with Crippen molar-refractivity contribution in [2.45, 2.75) is 38.3 Å². The fourth-order valence-corrected chi connectivity index (χ4v) is 5.05. The van der Waals surface area contributed by atoms with Gasteiger partial charge in [-0.05, 0) is 72.2 Å². The second-order valence-corrected chi connectivity index (χ2v) is 9.55. The molecule has 3 N–H and O–H groups in total. The van der Waals surface area contributed by atoms with Crippen molar-refractivity contribution in [3.8, 4) is 11.1 Å². The first-order valence-corrected chi connectivity index (χ1v) is 12.7. The van der Waals surface area contributed by atoms with E-state index in [-0.39, 0.29) is 23.9 Å². The quantitative estimate of drug-likeness (QED) is 0.355. The number of hydrogen-bond acceptors (Lipinski definition) is 6. The number of nitrogens with one attached hydrogen (secondary N) is 3. The van der Waals surface area contributed by atoms with Crippen LogP contribution in [0.25, 0.3) is 22.0 Å². The van der Waals surface area contributed by atoms with Crippen LogP contribution in [0.5, 0.6) is 0 Å². The topological polar surface area (TPSA) is 109 Å². The van der Waals surface area contributed by atoms with Crippen molar-refractivity contribution in [2.24, 2.45) is 0 Å². The second-order valence-electron chi connectivity index (χ2n) is 8.64. The summed E-state index contributed by atoms with van der Waals surface area (Å²) in [5.41, 5.74) is 4.17. The summed E-state index contributed by atoms with van der Waals surface area (Å²) in [6.45, 7) is 3.39. The molecule has 1 atom stereocenters. The Morgan fingerprint density at radius 3 is 2.83 bits per heavy atom. The molecular weight excluding hydrogens is 462 g/mol. The Labute approximate surface area is 207 Å². The van der Waals surface area contributed by atoms with Crippen molar-refractivity contribution in [3.05, 3.63) is 70.3 Å². The Hall–Kier alpha value is -3.56. The van der Waals surface area contributed by atoms with Gasteiger partial charge < -0.3 is 15.4 Å². The number of thiophene rings is 1. The molecule has 0 aliphatic carbocycles. The molecule has 35 heavy (non-hydrogen) atoms. The molecule has 180 valence electrons. The van der Waals surface area contributed by atoms with Gasteiger partial charge in [0.1, 0.15) is 0 Å². The fraction of sp³-hybridized carbons (Fsp3) is 0.308. The maximum absolute atomic E-state index is 12.9. The highest BCUT2D eigenvalue weighted by Crippen LogP contribution is 2.28. The summed E-state index contributed by atoms with van der Waals surface area (Å²) in [5.74, 6) is -0.203. The number of H-pyrrole nitrogens is 1. The molecule has 4 aromatic rings. The Bertz CT molecular complexity index is 1340. The number of nitrogens with zero attached hydrogens (tertiary/aromatic N) is 2. The fourth-order valence-electron chi connectivity index (χ4n) is 4.23. The predicted molar refractivity (Wildman–Crippen MR) is 135 cm³/mol. The zero-order valence-electron chi connectivity index (χ0n) is 19.4. The average molecular weight is 490 g/mol. The average Bonchev–Trinajstić information content (AvgIpc) is 3.57. The number of fused-ring (bicyclic) bond motifs is 1. The third-order valence-electron chi connectivity index (χ3n) is 6.27. The number of amides is 2. The smallest absolute Gasteiger partial charge is 0.261 e. The molecule has 2 amide bonds. The van der Waals surface area contributed by atoms with Gasteiger partial charge in [0.05, 0.1) is 28.3 Å². The van der Waals surface area contributed by atoms with Crippen LogP contribution in [0.4, 0.5) is 0 Å². The minimum atomic E-state index is -0.238. The van der Waals surface area contributed by atoms with E-state index in [2.05, 4.69) is 25.8 Å². The number of benzene rings is 1. The molecule has 1 aromatic carbocycles. The lowest BCUT2D eigenvalue weighted by Gasteiger charge is -2.22. The lowest BCUT2D eigenvalue weighted by Crippen LogP contribution is -2.38. The number of carbonyl (C=O) groups is 2. The molecule has 0 radical (unpaired) electrons. The minimum absolute atomic E-state index is 0.0456. The van der Waals surface area contributed by atoms with Gasteiger partial charge in [-0.3, -0.25) is 19.7 Å².